The number of rotatable bonds is 1. The fourth-order valence-electron chi connectivity index (χ4n) is 1.64. The van der Waals surface area contributed by atoms with Gasteiger partial charge >= 0.3 is 0 Å². The van der Waals surface area contributed by atoms with Crippen LogP contribution in [-0.4, -0.2) is 24.4 Å². The number of hydrogen-bond acceptors (Lipinski definition) is 3. The Bertz CT molecular complexity index is 343. The number of allylic oxidation sites excluding steroid dienone is 1. The highest BCUT2D eigenvalue weighted by atomic mass is 16.5. The molecular formula is C10H11NO3. The van der Waals surface area contributed by atoms with Crippen molar-refractivity contribution in [1.82, 2.24) is 5.32 Å². The fourth-order valence-corrected chi connectivity index (χ4v) is 1.64. The number of carbonyl (C=O) groups is 2. The standard InChI is InChI=1S/C10H11NO3/c1-6-5-14-9(10(13)11-6)7-3-2-4-8(7)12/h3,9H,1-2,4-5H2,(H,11,13). The first-order chi connectivity index (χ1) is 6.68. The largest absolute Gasteiger partial charge is 0.357 e. The molecule has 0 aromatic carbocycles. The van der Waals surface area contributed by atoms with Gasteiger partial charge in [0.25, 0.3) is 5.91 Å². The highest BCUT2D eigenvalue weighted by Crippen LogP contribution is 2.21. The Morgan fingerprint density at radius 2 is 2.29 bits per heavy atom. The molecule has 1 unspecified atom stereocenters. The van der Waals surface area contributed by atoms with E-state index < -0.39 is 6.10 Å². The van der Waals surface area contributed by atoms with Crippen molar-refractivity contribution in [2.24, 2.45) is 0 Å². The van der Waals surface area contributed by atoms with Gasteiger partial charge in [-0.3, -0.25) is 9.59 Å². The Hall–Kier alpha value is -1.42. The first-order valence-corrected chi connectivity index (χ1v) is 4.52. The van der Waals surface area contributed by atoms with Crippen LogP contribution in [0.1, 0.15) is 12.8 Å². The number of Topliss-reactive ketones (excluding diaryl/α,β-unsaturated/α-hetero) is 1. The van der Waals surface area contributed by atoms with Crippen LogP contribution in [0.4, 0.5) is 0 Å². The van der Waals surface area contributed by atoms with Crippen LogP contribution in [0.15, 0.2) is 23.9 Å². The molecule has 0 spiro atoms. The molecule has 14 heavy (non-hydrogen) atoms. The monoisotopic (exact) mass is 193 g/mol. The van der Waals surface area contributed by atoms with Crippen LogP contribution in [0.5, 0.6) is 0 Å². The summed E-state index contributed by atoms with van der Waals surface area (Å²) in [6, 6.07) is 0. The average Bonchev–Trinajstić information content (AvgIpc) is 2.52. The quantitative estimate of drug-likeness (QED) is 0.651. The molecule has 0 bridgehead atoms. The summed E-state index contributed by atoms with van der Waals surface area (Å²) >= 11 is 0. The Kier molecular flexibility index (Phi) is 2.21. The third-order valence-corrected chi connectivity index (χ3v) is 2.30. The first kappa shape index (κ1) is 9.15. The zero-order valence-corrected chi connectivity index (χ0v) is 7.71. The summed E-state index contributed by atoms with van der Waals surface area (Å²) in [7, 11) is 0. The lowest BCUT2D eigenvalue weighted by Crippen LogP contribution is -2.44. The minimum absolute atomic E-state index is 0.0117. The summed E-state index contributed by atoms with van der Waals surface area (Å²) in [6.45, 7) is 3.86. The van der Waals surface area contributed by atoms with E-state index in [0.29, 0.717) is 24.1 Å². The molecule has 0 radical (unpaired) electrons. The van der Waals surface area contributed by atoms with Crippen molar-refractivity contribution in [3.8, 4) is 0 Å². The highest BCUT2D eigenvalue weighted by molar-refractivity contribution is 6.05. The first-order valence-electron chi connectivity index (χ1n) is 4.52. The molecule has 1 N–H and O–H groups in total. The van der Waals surface area contributed by atoms with E-state index in [1.807, 2.05) is 0 Å². The van der Waals surface area contributed by atoms with Gasteiger partial charge in [0.2, 0.25) is 0 Å². The zero-order valence-electron chi connectivity index (χ0n) is 7.71. The molecule has 1 aliphatic carbocycles. The summed E-state index contributed by atoms with van der Waals surface area (Å²) < 4.78 is 5.26. The van der Waals surface area contributed by atoms with Gasteiger partial charge in [0.15, 0.2) is 11.9 Å². The van der Waals surface area contributed by atoms with Crippen molar-refractivity contribution in [3.63, 3.8) is 0 Å². The average molecular weight is 193 g/mol. The molecule has 0 aromatic rings. The number of amides is 1. The molecule has 1 atom stereocenters. The lowest BCUT2D eigenvalue weighted by atomic mass is 10.1. The van der Waals surface area contributed by atoms with Crippen molar-refractivity contribution in [3.05, 3.63) is 23.9 Å². The van der Waals surface area contributed by atoms with Gasteiger partial charge in [-0.05, 0) is 6.42 Å². The van der Waals surface area contributed by atoms with Gasteiger partial charge in [0.1, 0.15) is 0 Å². The van der Waals surface area contributed by atoms with Crippen molar-refractivity contribution in [1.29, 1.82) is 0 Å². The van der Waals surface area contributed by atoms with E-state index in [9.17, 15) is 9.59 Å². The molecule has 2 rings (SSSR count). The van der Waals surface area contributed by atoms with Crippen LogP contribution in [0.3, 0.4) is 0 Å². The lowest BCUT2D eigenvalue weighted by Gasteiger charge is -2.24. The van der Waals surface area contributed by atoms with Crippen LogP contribution in [0.2, 0.25) is 0 Å². The van der Waals surface area contributed by atoms with Crippen molar-refractivity contribution < 1.29 is 14.3 Å². The normalized spacial score (nSPS) is 27.6. The smallest absolute Gasteiger partial charge is 0.258 e. The minimum atomic E-state index is -0.726. The van der Waals surface area contributed by atoms with E-state index in [1.54, 1.807) is 6.08 Å². The predicted octanol–water partition coefficient (Wildman–Crippen LogP) is 0.304. The SMILES string of the molecule is C=C1COC(C2=CCCC2=O)C(=O)N1. The summed E-state index contributed by atoms with van der Waals surface area (Å²) in [5, 5.41) is 2.58. The maximum atomic E-state index is 11.4. The second-order valence-electron chi connectivity index (χ2n) is 3.41. The van der Waals surface area contributed by atoms with E-state index in [0.717, 1.165) is 0 Å². The van der Waals surface area contributed by atoms with Gasteiger partial charge in [-0.2, -0.15) is 0 Å². The number of morpholine rings is 1. The van der Waals surface area contributed by atoms with Crippen molar-refractivity contribution >= 4 is 11.7 Å². The van der Waals surface area contributed by atoms with Crippen molar-refractivity contribution in [2.45, 2.75) is 18.9 Å². The van der Waals surface area contributed by atoms with Crippen LogP contribution < -0.4 is 5.32 Å². The number of nitrogens with one attached hydrogen (secondary N) is 1. The number of ether oxygens (including phenoxy) is 1. The predicted molar refractivity (Wildman–Crippen MR) is 49.3 cm³/mol. The second-order valence-corrected chi connectivity index (χ2v) is 3.41. The molecule has 1 amide bonds. The van der Waals surface area contributed by atoms with E-state index in [2.05, 4.69) is 11.9 Å². The fraction of sp³-hybridized carbons (Fsp3) is 0.400. The van der Waals surface area contributed by atoms with Gasteiger partial charge in [-0.25, -0.2) is 0 Å². The molecule has 1 aliphatic heterocycles. The third kappa shape index (κ3) is 1.48. The second kappa shape index (κ2) is 3.38. The molecule has 74 valence electrons. The van der Waals surface area contributed by atoms with Crippen LogP contribution in [0.25, 0.3) is 0 Å². The lowest BCUT2D eigenvalue weighted by molar-refractivity contribution is -0.134. The maximum Gasteiger partial charge on any atom is 0.258 e. The topological polar surface area (TPSA) is 55.4 Å². The molecule has 1 heterocycles. The molecule has 2 aliphatic rings. The summed E-state index contributed by atoms with van der Waals surface area (Å²) in [5.41, 5.74) is 1.03. The molecular weight excluding hydrogens is 182 g/mol. The van der Waals surface area contributed by atoms with Gasteiger partial charge in [-0.1, -0.05) is 12.7 Å². The van der Waals surface area contributed by atoms with Gasteiger partial charge in [0, 0.05) is 17.7 Å². The molecule has 4 nitrogen and oxygen atoms in total. The summed E-state index contributed by atoms with van der Waals surface area (Å²) in [4.78, 5) is 22.8. The number of hydrogen-bond donors (Lipinski definition) is 1. The van der Waals surface area contributed by atoms with Crippen molar-refractivity contribution in [2.75, 3.05) is 6.61 Å². The minimum Gasteiger partial charge on any atom is -0.357 e. The van der Waals surface area contributed by atoms with E-state index >= 15 is 0 Å². The molecule has 1 saturated heterocycles. The maximum absolute atomic E-state index is 11.4. The van der Waals surface area contributed by atoms with Crippen LogP contribution in [-0.2, 0) is 14.3 Å². The molecule has 4 heteroatoms. The van der Waals surface area contributed by atoms with Crippen LogP contribution >= 0.6 is 0 Å². The van der Waals surface area contributed by atoms with Gasteiger partial charge in [0.05, 0.1) is 6.61 Å². The Labute approximate surface area is 81.6 Å². The Balaban J connectivity index is 2.15. The van der Waals surface area contributed by atoms with Crippen LogP contribution in [0, 0.1) is 0 Å². The molecule has 0 aromatic heterocycles. The Morgan fingerprint density at radius 3 is 2.86 bits per heavy atom. The molecule has 1 fully saturated rings. The summed E-state index contributed by atoms with van der Waals surface area (Å²) in [5.74, 6) is -0.277. The van der Waals surface area contributed by atoms with E-state index in [1.165, 1.54) is 0 Å². The van der Waals surface area contributed by atoms with E-state index in [-0.39, 0.29) is 18.3 Å². The van der Waals surface area contributed by atoms with E-state index in [4.69, 9.17) is 4.74 Å². The molecule has 0 saturated carbocycles. The zero-order chi connectivity index (χ0) is 10.1. The Morgan fingerprint density at radius 1 is 1.50 bits per heavy atom. The summed E-state index contributed by atoms with van der Waals surface area (Å²) in [6.07, 6.45) is 2.25. The van der Waals surface area contributed by atoms with Gasteiger partial charge in [-0.15, -0.1) is 0 Å². The van der Waals surface area contributed by atoms with Gasteiger partial charge < -0.3 is 10.1 Å². The highest BCUT2D eigenvalue weighted by Gasteiger charge is 2.33. The third-order valence-electron chi connectivity index (χ3n) is 2.30. The number of ketones is 1. The number of carbonyl (C=O) groups excluding carboxylic acids is 2.